The number of hydrogen-bond acceptors (Lipinski definition) is 8. The number of rotatable bonds is 3. The number of aliphatic hydroxyl groups is 3. The van der Waals surface area contributed by atoms with Gasteiger partial charge < -0.3 is 38.9 Å². The summed E-state index contributed by atoms with van der Waals surface area (Å²) in [5.74, 6) is 0. The molecule has 4 unspecified atom stereocenters. The standard InChI is InChI=1S/C5H11O8P.2Na.Y/c6-3-2(1-12-14(9,10)11)13-5(8)4(3)7;;;/h2-8H,1H2,(H2,9,10,11);;;/q;2*+1;/p-2. The van der Waals surface area contributed by atoms with Crippen LogP contribution in [-0.4, -0.2) is 46.5 Å². The number of phosphoric acid groups is 1. The largest absolute Gasteiger partial charge is 1.00 e. The van der Waals surface area contributed by atoms with E-state index in [1.165, 1.54) is 0 Å². The molecule has 0 aromatic rings. The van der Waals surface area contributed by atoms with Crippen LogP contribution in [0.2, 0.25) is 0 Å². The molecular weight excluding hydrogens is 354 g/mol. The SMILES string of the molecule is O=P([O-])([O-])OCC1OC(O)C(O)C1O.[Na+].[Na+].[Y]. The molecule has 1 rings (SSSR count). The summed E-state index contributed by atoms with van der Waals surface area (Å²) in [6.07, 6.45) is -5.88. The maximum Gasteiger partial charge on any atom is 1.00 e. The van der Waals surface area contributed by atoms with E-state index in [1.807, 2.05) is 0 Å². The fraction of sp³-hybridized carbons (Fsp3) is 1.00. The molecule has 1 heterocycles. The number of phosphoric ester groups is 1. The van der Waals surface area contributed by atoms with Crippen molar-refractivity contribution in [1.29, 1.82) is 0 Å². The van der Waals surface area contributed by atoms with Gasteiger partial charge in [0.1, 0.15) is 18.3 Å². The molecule has 87 valence electrons. The van der Waals surface area contributed by atoms with Crippen molar-refractivity contribution in [2.75, 3.05) is 6.61 Å². The van der Waals surface area contributed by atoms with Crippen LogP contribution >= 0.6 is 7.82 Å². The van der Waals surface area contributed by atoms with E-state index in [-0.39, 0.29) is 91.8 Å². The van der Waals surface area contributed by atoms with Gasteiger partial charge in [0.05, 0.1) is 14.4 Å². The molecule has 0 aliphatic carbocycles. The van der Waals surface area contributed by atoms with Gasteiger partial charge in [-0.15, -0.1) is 0 Å². The van der Waals surface area contributed by atoms with Crippen LogP contribution in [0.5, 0.6) is 0 Å². The average molecular weight is 363 g/mol. The van der Waals surface area contributed by atoms with Crippen LogP contribution in [0.15, 0.2) is 0 Å². The third kappa shape index (κ3) is 8.83. The molecule has 1 radical (unpaired) electrons. The molecule has 0 aromatic carbocycles. The first-order chi connectivity index (χ1) is 6.31. The summed E-state index contributed by atoms with van der Waals surface area (Å²) in [5, 5.41) is 26.9. The molecule has 12 heteroatoms. The van der Waals surface area contributed by atoms with Gasteiger partial charge in [0.25, 0.3) is 0 Å². The van der Waals surface area contributed by atoms with Crippen LogP contribution < -0.4 is 68.9 Å². The molecule has 1 aliphatic rings. The molecule has 0 aromatic heterocycles. The van der Waals surface area contributed by atoms with E-state index in [2.05, 4.69) is 9.26 Å². The molecule has 1 aliphatic heterocycles. The second-order valence-electron chi connectivity index (χ2n) is 2.79. The fourth-order valence-electron chi connectivity index (χ4n) is 1.03. The second-order valence-corrected chi connectivity index (χ2v) is 3.94. The Kier molecular flexibility index (Phi) is 15.8. The summed E-state index contributed by atoms with van der Waals surface area (Å²) in [6.45, 7) is -0.737. The summed E-state index contributed by atoms with van der Waals surface area (Å²) in [4.78, 5) is 20.1. The Hall–Kier alpha value is 3.05. The Morgan fingerprint density at radius 1 is 1.18 bits per heavy atom. The Morgan fingerprint density at radius 3 is 1.94 bits per heavy atom. The molecule has 1 saturated heterocycles. The van der Waals surface area contributed by atoms with Crippen molar-refractivity contribution < 1.29 is 131 Å². The zero-order chi connectivity index (χ0) is 10.9. The minimum atomic E-state index is -5.14. The summed E-state index contributed by atoms with van der Waals surface area (Å²) in [7, 11) is -5.14. The number of hydrogen-bond donors (Lipinski definition) is 3. The molecule has 1 fully saturated rings. The van der Waals surface area contributed by atoms with Gasteiger partial charge in [-0.1, -0.05) is 0 Å². The molecule has 17 heavy (non-hydrogen) atoms. The van der Waals surface area contributed by atoms with Crippen molar-refractivity contribution in [2.45, 2.75) is 24.6 Å². The van der Waals surface area contributed by atoms with Crippen molar-refractivity contribution in [2.24, 2.45) is 0 Å². The van der Waals surface area contributed by atoms with Gasteiger partial charge in [-0.25, -0.2) is 0 Å². The quantitative estimate of drug-likeness (QED) is 0.332. The van der Waals surface area contributed by atoms with Gasteiger partial charge in [-0.2, -0.15) is 0 Å². The Balaban J connectivity index is -0.000000653. The van der Waals surface area contributed by atoms with Crippen LogP contribution in [0.25, 0.3) is 0 Å². The molecular formula is C5H9Na2O8PY. The normalized spacial score (nSPS) is 32.1. The van der Waals surface area contributed by atoms with Crippen LogP contribution in [0.1, 0.15) is 0 Å². The molecule has 3 N–H and O–H groups in total. The maximum atomic E-state index is 10.0. The summed E-state index contributed by atoms with van der Waals surface area (Å²) >= 11 is 0. The molecule has 0 amide bonds. The summed E-state index contributed by atoms with van der Waals surface area (Å²) < 4.78 is 18.4. The third-order valence-electron chi connectivity index (χ3n) is 1.73. The molecule has 0 bridgehead atoms. The van der Waals surface area contributed by atoms with E-state index < -0.39 is 39.0 Å². The van der Waals surface area contributed by atoms with Crippen molar-refractivity contribution in [3.63, 3.8) is 0 Å². The Bertz CT molecular complexity index is 252. The topological polar surface area (TPSA) is 142 Å². The van der Waals surface area contributed by atoms with E-state index in [1.54, 1.807) is 0 Å². The smallest absolute Gasteiger partial charge is 0.790 e. The van der Waals surface area contributed by atoms with Crippen LogP contribution in [0.4, 0.5) is 0 Å². The fourth-order valence-corrected chi connectivity index (χ4v) is 1.36. The monoisotopic (exact) mass is 363 g/mol. The van der Waals surface area contributed by atoms with Gasteiger partial charge in [0, 0.05) is 32.7 Å². The Labute approximate surface area is 167 Å². The van der Waals surface area contributed by atoms with Gasteiger partial charge in [0.2, 0.25) is 0 Å². The van der Waals surface area contributed by atoms with Crippen LogP contribution in [-0.2, 0) is 46.5 Å². The summed E-state index contributed by atoms with van der Waals surface area (Å²) in [6, 6.07) is 0. The zero-order valence-electron chi connectivity index (χ0n) is 9.42. The third-order valence-corrected chi connectivity index (χ3v) is 2.20. The van der Waals surface area contributed by atoms with Gasteiger partial charge in [-0.3, -0.25) is 0 Å². The minimum Gasteiger partial charge on any atom is -0.790 e. The van der Waals surface area contributed by atoms with E-state index >= 15 is 0 Å². The van der Waals surface area contributed by atoms with E-state index in [0.717, 1.165) is 0 Å². The van der Waals surface area contributed by atoms with Crippen LogP contribution in [0.3, 0.4) is 0 Å². The molecule has 0 spiro atoms. The summed E-state index contributed by atoms with van der Waals surface area (Å²) in [5.41, 5.74) is 0. The van der Waals surface area contributed by atoms with Gasteiger partial charge in [-0.05, 0) is 0 Å². The predicted molar refractivity (Wildman–Crippen MR) is 36.5 cm³/mol. The first-order valence-corrected chi connectivity index (χ1v) is 5.13. The Morgan fingerprint density at radius 2 is 1.65 bits per heavy atom. The first kappa shape index (κ1) is 25.0. The molecule has 8 nitrogen and oxygen atoms in total. The predicted octanol–water partition coefficient (Wildman–Crippen LogP) is -9.72. The van der Waals surface area contributed by atoms with E-state index in [9.17, 15) is 14.4 Å². The van der Waals surface area contributed by atoms with E-state index in [0.29, 0.717) is 0 Å². The van der Waals surface area contributed by atoms with E-state index in [4.69, 9.17) is 15.3 Å². The van der Waals surface area contributed by atoms with Crippen molar-refractivity contribution >= 4 is 7.82 Å². The van der Waals surface area contributed by atoms with Gasteiger partial charge in [0.15, 0.2) is 6.29 Å². The van der Waals surface area contributed by atoms with Crippen molar-refractivity contribution in [3.05, 3.63) is 0 Å². The number of aliphatic hydroxyl groups excluding tert-OH is 3. The molecule has 4 atom stereocenters. The average Bonchev–Trinajstić information content (AvgIpc) is 2.28. The number of ether oxygens (including phenoxy) is 1. The minimum absolute atomic E-state index is 0. The van der Waals surface area contributed by atoms with Crippen LogP contribution in [0, 0.1) is 0 Å². The maximum absolute atomic E-state index is 10.0. The zero-order valence-corrected chi connectivity index (χ0v) is 17.2. The second kappa shape index (κ2) is 10.7. The first-order valence-electron chi connectivity index (χ1n) is 3.67. The molecule has 0 saturated carbocycles. The van der Waals surface area contributed by atoms with Crippen molar-refractivity contribution in [1.82, 2.24) is 0 Å². The van der Waals surface area contributed by atoms with Crippen molar-refractivity contribution in [3.8, 4) is 0 Å². The van der Waals surface area contributed by atoms with Gasteiger partial charge >= 0.3 is 59.1 Å².